The average molecular weight is 374 g/mol. The van der Waals surface area contributed by atoms with E-state index in [4.69, 9.17) is 0 Å². The van der Waals surface area contributed by atoms with E-state index in [1.54, 1.807) is 0 Å². The van der Waals surface area contributed by atoms with Crippen LogP contribution in [-0.4, -0.2) is 11.0 Å². The summed E-state index contributed by atoms with van der Waals surface area (Å²) in [6.07, 6.45) is 7.63. The number of fused-ring (bicyclic) bond motifs is 2. The minimum Gasteiger partial charge on any atom is -0.366 e. The van der Waals surface area contributed by atoms with Gasteiger partial charge in [-0.05, 0) is 81.9 Å². The van der Waals surface area contributed by atoms with Crippen LogP contribution >= 0.6 is 31.9 Å². The molecule has 3 rings (SSSR count). The van der Waals surface area contributed by atoms with E-state index in [0.29, 0.717) is 6.04 Å². The predicted octanol–water partition coefficient (Wildman–Crippen LogP) is 4.84. The van der Waals surface area contributed by atoms with Crippen LogP contribution in [0.25, 0.3) is 0 Å². The van der Waals surface area contributed by atoms with E-state index in [0.717, 1.165) is 32.5 Å². The summed E-state index contributed by atoms with van der Waals surface area (Å²) in [6, 6.07) is 2.56. The molecule has 0 saturated heterocycles. The summed E-state index contributed by atoms with van der Waals surface area (Å²) in [5.74, 6) is 3.76. The lowest BCUT2D eigenvalue weighted by molar-refractivity contribution is 0.304. The maximum Gasteiger partial charge on any atom is 0.140 e. The molecule has 2 fully saturated rings. The van der Waals surface area contributed by atoms with Gasteiger partial charge in [0.1, 0.15) is 5.82 Å². The minimum atomic E-state index is 0.519. The molecule has 18 heavy (non-hydrogen) atoms. The largest absolute Gasteiger partial charge is 0.366 e. The molecule has 2 aliphatic rings. The second-order valence-electron chi connectivity index (χ2n) is 5.76. The third kappa shape index (κ3) is 2.46. The zero-order chi connectivity index (χ0) is 12.7. The fourth-order valence-electron chi connectivity index (χ4n) is 3.75. The van der Waals surface area contributed by atoms with Crippen molar-refractivity contribution in [2.24, 2.45) is 17.8 Å². The SMILES string of the molecule is CC(Nc1ncc(Br)cc1Br)C1CC2CCC1C2. The molecule has 2 aliphatic carbocycles. The van der Waals surface area contributed by atoms with Crippen molar-refractivity contribution in [1.29, 1.82) is 0 Å². The van der Waals surface area contributed by atoms with Crippen LogP contribution in [0, 0.1) is 17.8 Å². The molecule has 0 spiro atoms. The van der Waals surface area contributed by atoms with Crippen molar-refractivity contribution in [2.45, 2.75) is 38.6 Å². The molecule has 98 valence electrons. The summed E-state index contributed by atoms with van der Waals surface area (Å²) in [6.45, 7) is 2.31. The first-order valence-corrected chi connectivity index (χ1v) is 8.29. The van der Waals surface area contributed by atoms with Crippen molar-refractivity contribution >= 4 is 37.7 Å². The van der Waals surface area contributed by atoms with Crippen LogP contribution < -0.4 is 5.32 Å². The summed E-state index contributed by atoms with van der Waals surface area (Å²) in [4.78, 5) is 4.45. The van der Waals surface area contributed by atoms with Gasteiger partial charge >= 0.3 is 0 Å². The molecule has 1 aromatic rings. The molecule has 2 nitrogen and oxygen atoms in total. The van der Waals surface area contributed by atoms with Crippen molar-refractivity contribution in [3.05, 3.63) is 21.2 Å². The number of pyridine rings is 1. The van der Waals surface area contributed by atoms with Crippen molar-refractivity contribution in [2.75, 3.05) is 5.32 Å². The zero-order valence-electron chi connectivity index (χ0n) is 10.5. The van der Waals surface area contributed by atoms with Gasteiger partial charge in [-0.1, -0.05) is 6.42 Å². The lowest BCUT2D eigenvalue weighted by atomic mass is 9.84. The number of nitrogens with one attached hydrogen (secondary N) is 1. The predicted molar refractivity (Wildman–Crippen MR) is 81.7 cm³/mol. The molecule has 0 aliphatic heterocycles. The quantitative estimate of drug-likeness (QED) is 0.819. The minimum absolute atomic E-state index is 0.519. The van der Waals surface area contributed by atoms with Crippen LogP contribution in [0.5, 0.6) is 0 Å². The van der Waals surface area contributed by atoms with Crippen molar-refractivity contribution in [1.82, 2.24) is 4.98 Å². The first-order valence-electron chi connectivity index (χ1n) is 6.71. The number of halogens is 2. The number of nitrogens with zero attached hydrogens (tertiary/aromatic N) is 1. The molecule has 4 unspecified atom stereocenters. The summed E-state index contributed by atoms with van der Waals surface area (Å²) in [7, 11) is 0. The Hall–Kier alpha value is -0.0900. The zero-order valence-corrected chi connectivity index (χ0v) is 13.7. The Balaban J connectivity index is 1.69. The van der Waals surface area contributed by atoms with Gasteiger partial charge in [0.25, 0.3) is 0 Å². The van der Waals surface area contributed by atoms with Gasteiger partial charge < -0.3 is 5.32 Å². The van der Waals surface area contributed by atoms with E-state index in [-0.39, 0.29) is 0 Å². The monoisotopic (exact) mass is 372 g/mol. The summed E-state index contributed by atoms with van der Waals surface area (Å²) >= 11 is 7.01. The maximum absolute atomic E-state index is 4.45. The van der Waals surface area contributed by atoms with Crippen LogP contribution in [-0.2, 0) is 0 Å². The second-order valence-corrected chi connectivity index (χ2v) is 7.53. The standard InChI is InChI=1S/C14H18Br2N2/c1-8(12-5-9-2-3-10(12)4-9)18-14-13(16)6-11(15)7-17-14/h6-10,12H,2-5H2,1H3,(H,17,18). The highest BCUT2D eigenvalue weighted by Crippen LogP contribution is 2.49. The van der Waals surface area contributed by atoms with Crippen molar-refractivity contribution in [3.63, 3.8) is 0 Å². The highest BCUT2D eigenvalue weighted by molar-refractivity contribution is 9.11. The Bertz CT molecular complexity index is 449. The van der Waals surface area contributed by atoms with Gasteiger partial charge in [0.05, 0.1) is 4.47 Å². The third-order valence-corrected chi connectivity index (χ3v) is 5.65. The smallest absolute Gasteiger partial charge is 0.140 e. The molecule has 4 heteroatoms. The highest BCUT2D eigenvalue weighted by atomic mass is 79.9. The molecule has 1 N–H and O–H groups in total. The van der Waals surface area contributed by atoms with E-state index < -0.39 is 0 Å². The first kappa shape index (κ1) is 12.9. The Labute approximate surface area is 125 Å². The average Bonchev–Trinajstić information content (AvgIpc) is 2.94. The molecule has 0 radical (unpaired) electrons. The van der Waals surface area contributed by atoms with Gasteiger partial charge in [0, 0.05) is 16.7 Å². The van der Waals surface area contributed by atoms with Gasteiger partial charge in [-0.2, -0.15) is 0 Å². The normalized spacial score (nSPS) is 31.6. The van der Waals surface area contributed by atoms with E-state index in [1.165, 1.54) is 25.7 Å². The van der Waals surface area contributed by atoms with E-state index >= 15 is 0 Å². The maximum atomic E-state index is 4.45. The molecule has 2 saturated carbocycles. The van der Waals surface area contributed by atoms with Gasteiger partial charge in [-0.15, -0.1) is 0 Å². The number of hydrogen-bond acceptors (Lipinski definition) is 2. The summed E-state index contributed by atoms with van der Waals surface area (Å²) < 4.78 is 2.04. The van der Waals surface area contributed by atoms with Crippen molar-refractivity contribution in [3.8, 4) is 0 Å². The van der Waals surface area contributed by atoms with Crippen LogP contribution in [0.3, 0.4) is 0 Å². The molecule has 1 heterocycles. The molecular weight excluding hydrogens is 356 g/mol. The fraction of sp³-hybridized carbons (Fsp3) is 0.643. The Morgan fingerprint density at radius 2 is 2.17 bits per heavy atom. The van der Waals surface area contributed by atoms with E-state index in [2.05, 4.69) is 49.1 Å². The summed E-state index contributed by atoms with van der Waals surface area (Å²) in [5, 5.41) is 3.59. The lowest BCUT2D eigenvalue weighted by Gasteiger charge is -2.29. The van der Waals surface area contributed by atoms with Gasteiger partial charge in [-0.25, -0.2) is 4.98 Å². The Morgan fingerprint density at radius 3 is 2.78 bits per heavy atom. The van der Waals surface area contributed by atoms with E-state index in [1.807, 2.05) is 12.3 Å². The highest BCUT2D eigenvalue weighted by Gasteiger charge is 2.41. The topological polar surface area (TPSA) is 24.9 Å². The molecule has 0 aromatic carbocycles. The van der Waals surface area contributed by atoms with Gasteiger partial charge in [0.2, 0.25) is 0 Å². The van der Waals surface area contributed by atoms with E-state index in [9.17, 15) is 0 Å². The Kier molecular flexibility index (Phi) is 3.68. The molecule has 0 amide bonds. The van der Waals surface area contributed by atoms with Gasteiger partial charge in [0.15, 0.2) is 0 Å². The van der Waals surface area contributed by atoms with Crippen molar-refractivity contribution < 1.29 is 0 Å². The first-order chi connectivity index (χ1) is 8.63. The van der Waals surface area contributed by atoms with Crippen LogP contribution in [0.4, 0.5) is 5.82 Å². The number of rotatable bonds is 3. The molecular formula is C14H18Br2N2. The summed E-state index contributed by atoms with van der Waals surface area (Å²) in [5.41, 5.74) is 0. The lowest BCUT2D eigenvalue weighted by Crippen LogP contribution is -2.30. The number of anilines is 1. The van der Waals surface area contributed by atoms with Crippen LogP contribution in [0.2, 0.25) is 0 Å². The number of hydrogen-bond donors (Lipinski definition) is 1. The second kappa shape index (κ2) is 5.12. The molecule has 4 atom stereocenters. The fourth-order valence-corrected chi connectivity index (χ4v) is 4.85. The Morgan fingerprint density at radius 1 is 1.33 bits per heavy atom. The van der Waals surface area contributed by atoms with Crippen LogP contribution in [0.1, 0.15) is 32.6 Å². The molecule has 1 aromatic heterocycles. The number of aromatic nitrogens is 1. The third-order valence-electron chi connectivity index (χ3n) is 4.61. The molecule has 2 bridgehead atoms. The van der Waals surface area contributed by atoms with Gasteiger partial charge in [-0.3, -0.25) is 0 Å². The van der Waals surface area contributed by atoms with Crippen LogP contribution in [0.15, 0.2) is 21.2 Å².